The lowest BCUT2D eigenvalue weighted by Crippen LogP contribution is -2.25. The van der Waals surface area contributed by atoms with Crippen LogP contribution >= 0.6 is 0 Å². The molecular formula is C21H22N2O6. The Labute approximate surface area is 168 Å². The maximum absolute atomic E-state index is 12.3. The van der Waals surface area contributed by atoms with Gasteiger partial charge in [0, 0.05) is 23.4 Å². The highest BCUT2D eigenvalue weighted by Gasteiger charge is 2.24. The van der Waals surface area contributed by atoms with Crippen LogP contribution < -0.4 is 20.1 Å². The van der Waals surface area contributed by atoms with Crippen molar-refractivity contribution < 1.29 is 28.6 Å². The minimum Gasteiger partial charge on any atom is -0.497 e. The van der Waals surface area contributed by atoms with Gasteiger partial charge in [0.05, 0.1) is 14.2 Å². The minimum absolute atomic E-state index is 0.168. The number of esters is 1. The highest BCUT2D eigenvalue weighted by Crippen LogP contribution is 2.25. The van der Waals surface area contributed by atoms with E-state index in [0.717, 1.165) is 12.8 Å². The summed E-state index contributed by atoms with van der Waals surface area (Å²) in [5, 5.41) is 5.57. The van der Waals surface area contributed by atoms with Crippen molar-refractivity contribution in [2.75, 3.05) is 26.1 Å². The fraction of sp³-hybridized carbons (Fsp3) is 0.286. The normalized spacial score (nSPS) is 12.6. The lowest BCUT2D eigenvalue weighted by molar-refractivity contribution is -0.118. The first-order chi connectivity index (χ1) is 14.0. The van der Waals surface area contributed by atoms with E-state index in [1.807, 2.05) is 0 Å². The molecule has 1 aliphatic carbocycles. The molecule has 2 aromatic rings. The van der Waals surface area contributed by atoms with E-state index < -0.39 is 11.9 Å². The number of benzene rings is 2. The second-order valence-corrected chi connectivity index (χ2v) is 6.52. The van der Waals surface area contributed by atoms with Crippen molar-refractivity contribution in [3.63, 3.8) is 0 Å². The lowest BCUT2D eigenvalue weighted by atomic mass is 10.2. The van der Waals surface area contributed by atoms with E-state index in [1.165, 1.54) is 26.4 Å². The fourth-order valence-corrected chi connectivity index (χ4v) is 2.60. The number of carbonyl (C=O) groups is 3. The summed E-state index contributed by atoms with van der Waals surface area (Å²) in [6.07, 6.45) is 1.99. The fourth-order valence-electron chi connectivity index (χ4n) is 2.60. The Balaban J connectivity index is 1.63. The van der Waals surface area contributed by atoms with Crippen LogP contribution in [0.1, 0.15) is 33.6 Å². The van der Waals surface area contributed by atoms with Gasteiger partial charge in [-0.15, -0.1) is 0 Å². The summed E-state index contributed by atoms with van der Waals surface area (Å²) in [4.78, 5) is 36.3. The van der Waals surface area contributed by atoms with Crippen LogP contribution in [0.3, 0.4) is 0 Å². The molecule has 1 aliphatic rings. The molecular weight excluding hydrogens is 376 g/mol. The van der Waals surface area contributed by atoms with Crippen LogP contribution in [-0.2, 0) is 9.53 Å². The average Bonchev–Trinajstić information content (AvgIpc) is 3.55. The second-order valence-electron chi connectivity index (χ2n) is 6.52. The number of carbonyl (C=O) groups excluding carboxylic acids is 3. The van der Waals surface area contributed by atoms with Gasteiger partial charge in [0.1, 0.15) is 17.1 Å². The smallest absolute Gasteiger partial charge is 0.341 e. The summed E-state index contributed by atoms with van der Waals surface area (Å²) in [7, 11) is 2.74. The molecule has 29 heavy (non-hydrogen) atoms. The number of rotatable bonds is 8. The van der Waals surface area contributed by atoms with Crippen molar-refractivity contribution in [2.45, 2.75) is 18.9 Å². The largest absolute Gasteiger partial charge is 0.497 e. The summed E-state index contributed by atoms with van der Waals surface area (Å²) < 4.78 is 15.3. The van der Waals surface area contributed by atoms with Crippen LogP contribution in [0.4, 0.5) is 5.69 Å². The van der Waals surface area contributed by atoms with E-state index in [2.05, 4.69) is 10.6 Å². The van der Waals surface area contributed by atoms with Gasteiger partial charge in [-0.2, -0.15) is 0 Å². The van der Waals surface area contributed by atoms with Crippen molar-refractivity contribution in [1.82, 2.24) is 5.32 Å². The molecule has 1 saturated carbocycles. The molecule has 2 N–H and O–H groups in total. The first kappa shape index (κ1) is 20.2. The zero-order valence-electron chi connectivity index (χ0n) is 16.2. The predicted octanol–water partition coefficient (Wildman–Crippen LogP) is 2.39. The lowest BCUT2D eigenvalue weighted by Gasteiger charge is -2.12. The third kappa shape index (κ3) is 5.47. The first-order valence-corrected chi connectivity index (χ1v) is 9.10. The zero-order chi connectivity index (χ0) is 20.8. The topological polar surface area (TPSA) is 103 Å². The molecule has 0 radical (unpaired) electrons. The first-order valence-electron chi connectivity index (χ1n) is 9.10. The summed E-state index contributed by atoms with van der Waals surface area (Å²) in [5.74, 6) is -0.550. The molecule has 1 fully saturated rings. The van der Waals surface area contributed by atoms with E-state index >= 15 is 0 Å². The second kappa shape index (κ2) is 9.09. The van der Waals surface area contributed by atoms with E-state index in [4.69, 9.17) is 14.2 Å². The van der Waals surface area contributed by atoms with Gasteiger partial charge >= 0.3 is 5.97 Å². The van der Waals surface area contributed by atoms with Crippen molar-refractivity contribution >= 4 is 23.5 Å². The standard InChI is InChI=1S/C21H22N2O6/c1-27-16-8-9-17(21(26)28-2)18(11-16)29-12-19(24)22-15-5-3-4-13(10-15)20(25)23-14-6-7-14/h3-5,8-11,14H,6-7,12H2,1-2H3,(H,22,24)(H,23,25). The maximum atomic E-state index is 12.3. The Kier molecular flexibility index (Phi) is 6.33. The number of ether oxygens (including phenoxy) is 3. The van der Waals surface area contributed by atoms with E-state index in [9.17, 15) is 14.4 Å². The Morgan fingerprint density at radius 3 is 2.55 bits per heavy atom. The Bertz CT molecular complexity index is 923. The highest BCUT2D eigenvalue weighted by molar-refractivity contribution is 5.98. The van der Waals surface area contributed by atoms with Crippen LogP contribution in [0.5, 0.6) is 11.5 Å². The molecule has 0 aromatic heterocycles. The predicted molar refractivity (Wildman–Crippen MR) is 105 cm³/mol. The molecule has 0 unspecified atom stereocenters. The molecule has 0 aliphatic heterocycles. The van der Waals surface area contributed by atoms with Gasteiger partial charge in [-0.05, 0) is 43.2 Å². The number of amides is 2. The van der Waals surface area contributed by atoms with Gasteiger partial charge in [0.25, 0.3) is 11.8 Å². The van der Waals surface area contributed by atoms with Crippen LogP contribution in [-0.4, -0.2) is 44.7 Å². The van der Waals surface area contributed by atoms with Crippen molar-refractivity contribution in [1.29, 1.82) is 0 Å². The van der Waals surface area contributed by atoms with Gasteiger partial charge in [0.15, 0.2) is 6.61 Å². The number of hydrogen-bond donors (Lipinski definition) is 2. The maximum Gasteiger partial charge on any atom is 0.341 e. The SMILES string of the molecule is COC(=O)c1ccc(OC)cc1OCC(=O)Nc1cccc(C(=O)NC2CC2)c1. The summed E-state index contributed by atoms with van der Waals surface area (Å²) in [6.45, 7) is -0.338. The van der Waals surface area contributed by atoms with Crippen molar-refractivity contribution in [2.24, 2.45) is 0 Å². The Hall–Kier alpha value is -3.55. The van der Waals surface area contributed by atoms with Crippen LogP contribution in [0, 0.1) is 0 Å². The molecule has 3 rings (SSSR count). The Morgan fingerprint density at radius 2 is 1.86 bits per heavy atom. The molecule has 8 heteroatoms. The summed E-state index contributed by atoms with van der Waals surface area (Å²) >= 11 is 0. The number of methoxy groups -OCH3 is 2. The molecule has 152 valence electrons. The molecule has 0 heterocycles. The van der Waals surface area contributed by atoms with Gasteiger partial charge in [-0.25, -0.2) is 4.79 Å². The molecule has 8 nitrogen and oxygen atoms in total. The summed E-state index contributed by atoms with van der Waals surface area (Å²) in [6, 6.07) is 11.5. The quantitative estimate of drug-likeness (QED) is 0.662. The minimum atomic E-state index is -0.586. The molecule has 0 bridgehead atoms. The van der Waals surface area contributed by atoms with Crippen molar-refractivity contribution in [3.8, 4) is 11.5 Å². The van der Waals surface area contributed by atoms with Gasteiger partial charge in [-0.3, -0.25) is 9.59 Å². The zero-order valence-corrected chi connectivity index (χ0v) is 16.2. The molecule has 2 amide bonds. The van der Waals surface area contributed by atoms with Crippen LogP contribution in [0.15, 0.2) is 42.5 Å². The van der Waals surface area contributed by atoms with Crippen LogP contribution in [0.2, 0.25) is 0 Å². The van der Waals surface area contributed by atoms with Gasteiger partial charge in [0.2, 0.25) is 0 Å². The summed E-state index contributed by atoms with van der Waals surface area (Å²) in [5.41, 5.74) is 1.12. The molecule has 0 spiro atoms. The van der Waals surface area contributed by atoms with Gasteiger partial charge in [-0.1, -0.05) is 6.07 Å². The number of anilines is 1. The average molecular weight is 398 g/mol. The third-order valence-electron chi connectivity index (χ3n) is 4.27. The van der Waals surface area contributed by atoms with E-state index in [-0.39, 0.29) is 29.9 Å². The molecule has 0 atom stereocenters. The highest BCUT2D eigenvalue weighted by atomic mass is 16.5. The van der Waals surface area contributed by atoms with Crippen LogP contribution in [0.25, 0.3) is 0 Å². The number of hydrogen-bond acceptors (Lipinski definition) is 6. The molecule has 2 aromatic carbocycles. The monoisotopic (exact) mass is 398 g/mol. The van der Waals surface area contributed by atoms with Crippen molar-refractivity contribution in [3.05, 3.63) is 53.6 Å². The molecule has 0 saturated heterocycles. The Morgan fingerprint density at radius 1 is 1.07 bits per heavy atom. The third-order valence-corrected chi connectivity index (χ3v) is 4.27. The van der Waals surface area contributed by atoms with E-state index in [1.54, 1.807) is 30.3 Å². The number of nitrogens with one attached hydrogen (secondary N) is 2. The van der Waals surface area contributed by atoms with E-state index in [0.29, 0.717) is 17.0 Å². The van der Waals surface area contributed by atoms with Gasteiger partial charge < -0.3 is 24.8 Å².